The number of fused-ring (bicyclic) bond motifs is 1. The zero-order valence-electron chi connectivity index (χ0n) is 20.0. The van der Waals surface area contributed by atoms with Crippen LogP contribution in [0, 0.1) is 11.8 Å². The summed E-state index contributed by atoms with van der Waals surface area (Å²) in [6, 6.07) is 22.1. The summed E-state index contributed by atoms with van der Waals surface area (Å²) in [6.45, 7) is 3.65. The predicted molar refractivity (Wildman–Crippen MR) is 138 cm³/mol. The Hall–Kier alpha value is -3.82. The molecule has 2 atom stereocenters. The van der Waals surface area contributed by atoms with Crippen LogP contribution in [-0.2, 0) is 0 Å². The van der Waals surface area contributed by atoms with Crippen molar-refractivity contribution in [3.8, 4) is 17.6 Å². The van der Waals surface area contributed by atoms with Crippen molar-refractivity contribution in [2.24, 2.45) is 0 Å². The van der Waals surface area contributed by atoms with E-state index in [9.17, 15) is 4.79 Å². The number of nitrogens with zero attached hydrogens (tertiary/aromatic N) is 3. The van der Waals surface area contributed by atoms with Crippen LogP contribution in [-0.4, -0.2) is 60.1 Å². The first-order valence-electron chi connectivity index (χ1n) is 12.2. The van der Waals surface area contributed by atoms with E-state index in [4.69, 9.17) is 4.74 Å². The molecule has 0 spiro atoms. The minimum Gasteiger partial charge on any atom is -0.497 e. The Labute approximate surface area is 206 Å². The van der Waals surface area contributed by atoms with Gasteiger partial charge in [0, 0.05) is 49.0 Å². The van der Waals surface area contributed by atoms with Crippen molar-refractivity contribution in [1.82, 2.24) is 14.8 Å². The van der Waals surface area contributed by atoms with Gasteiger partial charge in [-0.25, -0.2) is 9.78 Å². The van der Waals surface area contributed by atoms with Gasteiger partial charge in [0.1, 0.15) is 11.4 Å². The smallest absolute Gasteiger partial charge is 0.321 e. The van der Waals surface area contributed by atoms with Gasteiger partial charge in [0.2, 0.25) is 0 Å². The first-order valence-corrected chi connectivity index (χ1v) is 12.2. The minimum atomic E-state index is -0.0391. The van der Waals surface area contributed by atoms with E-state index in [0.717, 1.165) is 61.7 Å². The highest BCUT2D eigenvalue weighted by molar-refractivity contribution is 5.89. The van der Waals surface area contributed by atoms with Gasteiger partial charge >= 0.3 is 6.03 Å². The molecule has 0 saturated carbocycles. The Kier molecular flexibility index (Phi) is 6.97. The number of hydrogen-bond donors (Lipinski definition) is 1. The normalized spacial score (nSPS) is 19.7. The van der Waals surface area contributed by atoms with Gasteiger partial charge in [0.05, 0.1) is 7.11 Å². The summed E-state index contributed by atoms with van der Waals surface area (Å²) in [5.41, 5.74) is 3.84. The summed E-state index contributed by atoms with van der Waals surface area (Å²) in [5.74, 6) is 7.51. The number of carbonyl (C=O) groups excluding carboxylic acids is 1. The molecule has 0 unspecified atom stereocenters. The minimum absolute atomic E-state index is 0.0391. The summed E-state index contributed by atoms with van der Waals surface area (Å²) in [5, 5.41) is 3.05. The Morgan fingerprint density at radius 1 is 0.971 bits per heavy atom. The molecule has 2 aliphatic rings. The summed E-state index contributed by atoms with van der Waals surface area (Å²) in [6.07, 6.45) is 3.89. The van der Waals surface area contributed by atoms with Gasteiger partial charge in [-0.2, -0.15) is 0 Å². The summed E-state index contributed by atoms with van der Waals surface area (Å²) in [7, 11) is 1.64. The molecule has 0 radical (unpaired) electrons. The molecule has 178 valence electrons. The first kappa shape index (κ1) is 22.9. The van der Waals surface area contributed by atoms with E-state index in [1.807, 2.05) is 47.4 Å². The first-order chi connectivity index (χ1) is 17.2. The molecule has 6 heteroatoms. The summed E-state index contributed by atoms with van der Waals surface area (Å²) < 4.78 is 5.21. The molecule has 6 nitrogen and oxygen atoms in total. The van der Waals surface area contributed by atoms with E-state index in [1.54, 1.807) is 13.3 Å². The molecule has 2 aliphatic heterocycles. The number of pyridine rings is 1. The van der Waals surface area contributed by atoms with E-state index >= 15 is 0 Å². The summed E-state index contributed by atoms with van der Waals surface area (Å²) in [4.78, 5) is 21.8. The number of urea groups is 1. The number of carbonyl (C=O) groups is 1. The molecule has 1 aromatic heterocycles. The lowest BCUT2D eigenvalue weighted by Crippen LogP contribution is -2.61. The second-order valence-electron chi connectivity index (χ2n) is 9.07. The van der Waals surface area contributed by atoms with Crippen LogP contribution in [0.2, 0.25) is 0 Å². The maximum absolute atomic E-state index is 13.1. The van der Waals surface area contributed by atoms with E-state index in [-0.39, 0.29) is 6.03 Å². The van der Waals surface area contributed by atoms with Gasteiger partial charge in [-0.3, -0.25) is 4.90 Å². The van der Waals surface area contributed by atoms with Crippen LogP contribution in [0.1, 0.15) is 35.6 Å². The molecule has 0 bridgehead atoms. The second kappa shape index (κ2) is 10.6. The zero-order chi connectivity index (χ0) is 24.0. The topological polar surface area (TPSA) is 57.7 Å². The number of hydrogen-bond acceptors (Lipinski definition) is 4. The molecular weight excluding hydrogens is 436 g/mol. The van der Waals surface area contributed by atoms with Crippen LogP contribution in [0.25, 0.3) is 0 Å². The number of aromatic nitrogens is 1. The fraction of sp³-hybridized carbons (Fsp3) is 0.310. The van der Waals surface area contributed by atoms with Crippen molar-refractivity contribution in [3.63, 3.8) is 0 Å². The maximum Gasteiger partial charge on any atom is 0.321 e. The molecule has 5 rings (SSSR count). The molecule has 3 heterocycles. The van der Waals surface area contributed by atoms with Crippen LogP contribution in [0.3, 0.4) is 0 Å². The Balaban J connectivity index is 1.24. The molecular formula is C29H30N4O2. The van der Waals surface area contributed by atoms with Crippen LogP contribution in [0.5, 0.6) is 5.75 Å². The number of anilines is 1. The van der Waals surface area contributed by atoms with Crippen LogP contribution < -0.4 is 10.1 Å². The van der Waals surface area contributed by atoms with Gasteiger partial charge in [-0.15, -0.1) is 0 Å². The van der Waals surface area contributed by atoms with Gasteiger partial charge < -0.3 is 15.0 Å². The van der Waals surface area contributed by atoms with Crippen molar-refractivity contribution in [1.29, 1.82) is 0 Å². The third-order valence-electron chi connectivity index (χ3n) is 6.86. The van der Waals surface area contributed by atoms with Gasteiger partial charge in [0.25, 0.3) is 0 Å². The van der Waals surface area contributed by atoms with Crippen molar-refractivity contribution >= 4 is 11.7 Å². The van der Waals surface area contributed by atoms with E-state index in [2.05, 4.69) is 51.3 Å². The highest BCUT2D eigenvalue weighted by Gasteiger charge is 2.41. The second-order valence-corrected chi connectivity index (χ2v) is 9.07. The van der Waals surface area contributed by atoms with E-state index < -0.39 is 0 Å². The van der Waals surface area contributed by atoms with Crippen LogP contribution in [0.4, 0.5) is 10.5 Å². The average molecular weight is 467 g/mol. The maximum atomic E-state index is 13.1. The lowest BCUT2D eigenvalue weighted by molar-refractivity contribution is 0.0272. The molecule has 2 aromatic carbocycles. The third-order valence-corrected chi connectivity index (χ3v) is 6.86. The SMILES string of the molecule is COc1ccc(NC(=O)N2CCCCN3C[C@H](c4ccc(C#Cc5ccccn5)cc4)[C@@H]3C2)cc1. The lowest BCUT2D eigenvalue weighted by atomic mass is 9.81. The number of nitrogens with one attached hydrogen (secondary N) is 1. The molecule has 3 aromatic rings. The predicted octanol–water partition coefficient (Wildman–Crippen LogP) is 4.59. The van der Waals surface area contributed by atoms with Crippen molar-refractivity contribution in [3.05, 3.63) is 89.7 Å². The number of amides is 2. The average Bonchev–Trinajstić information content (AvgIpc) is 2.88. The number of methoxy groups -OCH3 is 1. The monoisotopic (exact) mass is 466 g/mol. The van der Waals surface area contributed by atoms with Crippen molar-refractivity contribution in [2.45, 2.75) is 24.8 Å². The summed E-state index contributed by atoms with van der Waals surface area (Å²) >= 11 is 0. The quantitative estimate of drug-likeness (QED) is 0.574. The van der Waals surface area contributed by atoms with Crippen molar-refractivity contribution in [2.75, 3.05) is 38.6 Å². The molecule has 2 fully saturated rings. The number of benzene rings is 2. The Morgan fingerprint density at radius 2 is 1.77 bits per heavy atom. The highest BCUT2D eigenvalue weighted by atomic mass is 16.5. The Morgan fingerprint density at radius 3 is 2.51 bits per heavy atom. The third kappa shape index (κ3) is 5.47. The fourth-order valence-corrected chi connectivity index (χ4v) is 4.84. The lowest BCUT2D eigenvalue weighted by Gasteiger charge is -2.51. The van der Waals surface area contributed by atoms with Crippen molar-refractivity contribution < 1.29 is 9.53 Å². The number of rotatable bonds is 3. The molecule has 35 heavy (non-hydrogen) atoms. The fourth-order valence-electron chi connectivity index (χ4n) is 4.84. The molecule has 2 saturated heterocycles. The Bertz CT molecular complexity index is 1200. The standard InChI is InChI=1S/C29H30N4O2/c1-35-26-15-13-25(14-16-26)31-29(34)33-19-5-4-18-32-20-27(28(32)21-33)23-10-7-22(8-11-23)9-12-24-6-2-3-17-30-24/h2-3,6-8,10-11,13-17,27-28H,4-5,18-21H2,1H3,(H,31,34)/t27-,28+/m1/s1. The van der Waals surface area contributed by atoms with Crippen LogP contribution in [0.15, 0.2) is 72.9 Å². The van der Waals surface area contributed by atoms with Gasteiger partial charge in [-0.05, 0) is 79.4 Å². The largest absolute Gasteiger partial charge is 0.497 e. The zero-order valence-corrected chi connectivity index (χ0v) is 20.0. The number of ether oxygens (including phenoxy) is 1. The highest BCUT2D eigenvalue weighted by Crippen LogP contribution is 2.36. The molecule has 1 N–H and O–H groups in total. The van der Waals surface area contributed by atoms with Gasteiger partial charge in [-0.1, -0.05) is 24.1 Å². The van der Waals surface area contributed by atoms with Crippen LogP contribution >= 0.6 is 0 Å². The molecule has 0 aliphatic carbocycles. The molecule has 2 amide bonds. The van der Waals surface area contributed by atoms with E-state index in [1.165, 1.54) is 5.56 Å². The van der Waals surface area contributed by atoms with Gasteiger partial charge in [0.15, 0.2) is 0 Å². The van der Waals surface area contributed by atoms with E-state index in [0.29, 0.717) is 12.0 Å².